The minimum atomic E-state index is -0.338. The van der Waals surface area contributed by atoms with E-state index in [0.29, 0.717) is 21.4 Å². The van der Waals surface area contributed by atoms with Crippen LogP contribution in [0, 0.1) is 0 Å². The van der Waals surface area contributed by atoms with Crippen LogP contribution in [0.3, 0.4) is 0 Å². The third-order valence-electron chi connectivity index (χ3n) is 3.03. The van der Waals surface area contributed by atoms with Gasteiger partial charge >= 0.3 is 6.03 Å². The van der Waals surface area contributed by atoms with Gasteiger partial charge in [0.25, 0.3) is 0 Å². The highest BCUT2D eigenvalue weighted by Crippen LogP contribution is 2.30. The van der Waals surface area contributed by atoms with Gasteiger partial charge in [0.1, 0.15) is 0 Å². The first kappa shape index (κ1) is 18.0. The van der Waals surface area contributed by atoms with Crippen LogP contribution in [-0.2, 0) is 0 Å². The summed E-state index contributed by atoms with van der Waals surface area (Å²) in [6.45, 7) is 2.16. The van der Waals surface area contributed by atoms with Gasteiger partial charge in [0, 0.05) is 21.3 Å². The van der Waals surface area contributed by atoms with E-state index in [2.05, 4.69) is 17.6 Å². The van der Waals surface area contributed by atoms with Gasteiger partial charge in [-0.3, -0.25) is 0 Å². The predicted octanol–water partition coefficient (Wildman–Crippen LogP) is 6.53. The molecule has 0 unspecified atom stereocenters. The molecule has 0 radical (unpaired) electrons. The summed E-state index contributed by atoms with van der Waals surface area (Å²) < 4.78 is 0. The molecule has 23 heavy (non-hydrogen) atoms. The van der Waals surface area contributed by atoms with Crippen LogP contribution in [0.1, 0.15) is 19.8 Å². The monoisotopic (exact) mass is 368 g/mol. The van der Waals surface area contributed by atoms with Crippen molar-refractivity contribution in [2.24, 2.45) is 0 Å². The molecule has 2 N–H and O–H groups in total. The van der Waals surface area contributed by atoms with Crippen molar-refractivity contribution < 1.29 is 4.79 Å². The number of benzene rings is 2. The zero-order chi connectivity index (χ0) is 16.7. The van der Waals surface area contributed by atoms with Crippen LogP contribution in [0.2, 0.25) is 10.0 Å². The second-order valence-electron chi connectivity index (χ2n) is 4.94. The number of anilines is 2. The average molecular weight is 369 g/mol. The fourth-order valence-corrected chi connectivity index (χ4v) is 3.43. The standard InChI is InChI=1S/C17H18Cl2N2OS/c1-2-3-9-23-16-8-7-14(11-15(16)19)21-17(22)20-13-6-4-5-12(18)10-13/h4-8,10-11H,2-3,9H2,1H3,(H2,20,21,22). The lowest BCUT2D eigenvalue weighted by atomic mass is 10.3. The summed E-state index contributed by atoms with van der Waals surface area (Å²) in [6, 6.07) is 12.2. The minimum absolute atomic E-state index is 0.338. The number of hydrogen-bond acceptors (Lipinski definition) is 2. The fourth-order valence-electron chi connectivity index (χ4n) is 1.88. The summed E-state index contributed by atoms with van der Waals surface area (Å²) in [4.78, 5) is 13.0. The normalized spacial score (nSPS) is 10.4. The van der Waals surface area contributed by atoms with Crippen LogP contribution in [0.4, 0.5) is 16.2 Å². The molecular weight excluding hydrogens is 351 g/mol. The molecule has 0 atom stereocenters. The number of thioether (sulfide) groups is 1. The molecule has 0 fully saturated rings. The summed E-state index contributed by atoms with van der Waals surface area (Å²) >= 11 is 13.9. The maximum Gasteiger partial charge on any atom is 0.323 e. The second-order valence-corrected chi connectivity index (χ2v) is 6.92. The summed E-state index contributed by atoms with van der Waals surface area (Å²) in [5, 5.41) is 6.70. The van der Waals surface area contributed by atoms with E-state index in [9.17, 15) is 4.79 Å². The molecule has 0 aliphatic carbocycles. The number of carbonyl (C=O) groups is 1. The Morgan fingerprint density at radius 1 is 1.09 bits per heavy atom. The smallest absolute Gasteiger partial charge is 0.308 e. The van der Waals surface area contributed by atoms with Gasteiger partial charge in [0.2, 0.25) is 0 Å². The Morgan fingerprint density at radius 2 is 1.83 bits per heavy atom. The zero-order valence-electron chi connectivity index (χ0n) is 12.7. The molecule has 2 aromatic rings. The minimum Gasteiger partial charge on any atom is -0.308 e. The molecule has 0 aliphatic heterocycles. The van der Waals surface area contributed by atoms with E-state index in [1.165, 1.54) is 0 Å². The molecule has 2 amide bonds. The quantitative estimate of drug-likeness (QED) is 0.449. The number of urea groups is 1. The highest BCUT2D eigenvalue weighted by molar-refractivity contribution is 7.99. The first-order valence-corrected chi connectivity index (χ1v) is 9.08. The Morgan fingerprint density at radius 3 is 2.48 bits per heavy atom. The van der Waals surface area contributed by atoms with Crippen molar-refractivity contribution in [1.82, 2.24) is 0 Å². The van der Waals surface area contributed by atoms with Gasteiger partial charge in [0.15, 0.2) is 0 Å². The first-order valence-electron chi connectivity index (χ1n) is 7.34. The SMILES string of the molecule is CCCCSc1ccc(NC(=O)Nc2cccc(Cl)c2)cc1Cl. The van der Waals surface area contributed by atoms with E-state index in [1.807, 2.05) is 12.1 Å². The van der Waals surface area contributed by atoms with Crippen LogP contribution in [-0.4, -0.2) is 11.8 Å². The van der Waals surface area contributed by atoms with E-state index in [0.717, 1.165) is 23.5 Å². The van der Waals surface area contributed by atoms with Crippen molar-refractivity contribution in [3.05, 3.63) is 52.5 Å². The van der Waals surface area contributed by atoms with Gasteiger partial charge in [-0.15, -0.1) is 11.8 Å². The molecule has 2 aromatic carbocycles. The lowest BCUT2D eigenvalue weighted by Gasteiger charge is -2.10. The van der Waals surface area contributed by atoms with Crippen molar-refractivity contribution in [2.75, 3.05) is 16.4 Å². The largest absolute Gasteiger partial charge is 0.323 e. The number of hydrogen-bond donors (Lipinski definition) is 2. The Kier molecular flexibility index (Phi) is 7.09. The Hall–Kier alpha value is -1.36. The van der Waals surface area contributed by atoms with E-state index < -0.39 is 0 Å². The molecule has 2 rings (SSSR count). The maximum atomic E-state index is 12.0. The highest BCUT2D eigenvalue weighted by Gasteiger charge is 2.06. The third-order valence-corrected chi connectivity index (χ3v) is 4.85. The van der Waals surface area contributed by atoms with Gasteiger partial charge in [-0.2, -0.15) is 0 Å². The zero-order valence-corrected chi connectivity index (χ0v) is 15.1. The fraction of sp³-hybridized carbons (Fsp3) is 0.235. The molecule has 0 saturated heterocycles. The molecule has 0 saturated carbocycles. The molecule has 0 aliphatic rings. The number of rotatable bonds is 6. The van der Waals surface area contributed by atoms with Crippen molar-refractivity contribution in [2.45, 2.75) is 24.7 Å². The highest BCUT2D eigenvalue weighted by atomic mass is 35.5. The Labute approximate surface area is 150 Å². The summed E-state index contributed by atoms with van der Waals surface area (Å²) in [6.07, 6.45) is 2.32. The summed E-state index contributed by atoms with van der Waals surface area (Å²) in [7, 11) is 0. The molecular formula is C17H18Cl2N2OS. The van der Waals surface area contributed by atoms with Gasteiger partial charge < -0.3 is 10.6 Å². The molecule has 122 valence electrons. The Balaban J connectivity index is 1.94. The number of nitrogens with one attached hydrogen (secondary N) is 2. The topological polar surface area (TPSA) is 41.1 Å². The second kappa shape index (κ2) is 9.06. The number of unbranched alkanes of at least 4 members (excludes halogenated alkanes) is 1. The van der Waals surface area contributed by atoms with E-state index in [-0.39, 0.29) is 6.03 Å². The van der Waals surface area contributed by atoms with Gasteiger partial charge in [0.05, 0.1) is 5.02 Å². The van der Waals surface area contributed by atoms with Crippen molar-refractivity contribution in [1.29, 1.82) is 0 Å². The lowest BCUT2D eigenvalue weighted by Crippen LogP contribution is -2.19. The van der Waals surface area contributed by atoms with Gasteiger partial charge in [-0.25, -0.2) is 4.79 Å². The number of carbonyl (C=O) groups excluding carboxylic acids is 1. The van der Waals surface area contributed by atoms with Crippen LogP contribution < -0.4 is 10.6 Å². The molecule has 6 heteroatoms. The molecule has 3 nitrogen and oxygen atoms in total. The maximum absolute atomic E-state index is 12.0. The third kappa shape index (κ3) is 5.98. The summed E-state index contributed by atoms with van der Waals surface area (Å²) in [5.74, 6) is 1.04. The number of amides is 2. The lowest BCUT2D eigenvalue weighted by molar-refractivity contribution is 0.262. The van der Waals surface area contributed by atoms with E-state index in [1.54, 1.807) is 42.1 Å². The first-order chi connectivity index (χ1) is 11.1. The van der Waals surface area contributed by atoms with Gasteiger partial charge in [-0.05, 0) is 48.6 Å². The van der Waals surface area contributed by atoms with Crippen molar-refractivity contribution in [3.8, 4) is 0 Å². The Bertz CT molecular complexity index is 679. The average Bonchev–Trinajstić information content (AvgIpc) is 2.49. The van der Waals surface area contributed by atoms with E-state index >= 15 is 0 Å². The molecule has 0 heterocycles. The van der Waals surface area contributed by atoms with E-state index in [4.69, 9.17) is 23.2 Å². The molecule has 0 bridgehead atoms. The van der Waals surface area contributed by atoms with Crippen molar-refractivity contribution >= 4 is 52.4 Å². The summed E-state index contributed by atoms with van der Waals surface area (Å²) in [5.41, 5.74) is 1.28. The number of halogens is 2. The van der Waals surface area contributed by atoms with Crippen LogP contribution in [0.15, 0.2) is 47.4 Å². The van der Waals surface area contributed by atoms with Gasteiger partial charge in [-0.1, -0.05) is 42.6 Å². The predicted molar refractivity (Wildman–Crippen MR) is 101 cm³/mol. The molecule has 0 aromatic heterocycles. The molecule has 0 spiro atoms. The van der Waals surface area contributed by atoms with Crippen LogP contribution in [0.5, 0.6) is 0 Å². The van der Waals surface area contributed by atoms with Crippen molar-refractivity contribution in [3.63, 3.8) is 0 Å². The van der Waals surface area contributed by atoms with Crippen LogP contribution in [0.25, 0.3) is 0 Å². The van der Waals surface area contributed by atoms with Crippen LogP contribution >= 0.6 is 35.0 Å².